The van der Waals surface area contributed by atoms with Crippen molar-refractivity contribution in [3.63, 3.8) is 0 Å². The van der Waals surface area contributed by atoms with Crippen LogP contribution in [0.2, 0.25) is 0 Å². The predicted octanol–water partition coefficient (Wildman–Crippen LogP) is 5.56. The molecule has 0 amide bonds. The first-order valence-corrected chi connectivity index (χ1v) is 10.5. The van der Waals surface area contributed by atoms with Gasteiger partial charge in [0.2, 0.25) is 0 Å². The third-order valence-corrected chi connectivity index (χ3v) is 4.92. The number of nitrogens with one attached hydrogen (secondary N) is 1. The average molecular weight is 420 g/mol. The summed E-state index contributed by atoms with van der Waals surface area (Å²) in [7, 11) is 0. The van der Waals surface area contributed by atoms with Crippen LogP contribution in [0, 0.1) is 11.3 Å². The summed E-state index contributed by atoms with van der Waals surface area (Å²) in [5.74, 6) is 0.680. The van der Waals surface area contributed by atoms with Crippen LogP contribution in [0.5, 0.6) is 6.08 Å². The minimum atomic E-state index is -0.471. The van der Waals surface area contributed by atoms with E-state index in [0.29, 0.717) is 25.6 Å². The number of hydrogen-bond donors (Lipinski definition) is 1. The van der Waals surface area contributed by atoms with Gasteiger partial charge in [0.25, 0.3) is 0 Å². The number of benzene rings is 2. The van der Waals surface area contributed by atoms with Gasteiger partial charge in [-0.05, 0) is 50.5 Å². The minimum absolute atomic E-state index is 0.288. The highest BCUT2D eigenvalue weighted by molar-refractivity contribution is 5.63. The first-order chi connectivity index (χ1) is 15.0. The van der Waals surface area contributed by atoms with E-state index in [1.807, 2.05) is 69.3 Å². The van der Waals surface area contributed by atoms with Crippen LogP contribution in [0.4, 0.5) is 5.69 Å². The van der Waals surface area contributed by atoms with E-state index in [4.69, 9.17) is 13.9 Å². The van der Waals surface area contributed by atoms with E-state index in [0.717, 1.165) is 35.3 Å². The zero-order valence-corrected chi connectivity index (χ0v) is 18.4. The molecule has 6 heteroatoms. The molecule has 1 N–H and O–H groups in total. The van der Waals surface area contributed by atoms with Gasteiger partial charge < -0.3 is 19.2 Å². The topological polar surface area (TPSA) is 80.3 Å². The molecule has 1 aromatic heterocycles. The van der Waals surface area contributed by atoms with Crippen molar-refractivity contribution in [2.45, 2.75) is 39.2 Å². The molecule has 0 fully saturated rings. The van der Waals surface area contributed by atoms with Crippen molar-refractivity contribution in [3.05, 3.63) is 65.9 Å². The maximum Gasteiger partial charge on any atom is 0.394 e. The van der Waals surface area contributed by atoms with Gasteiger partial charge in [-0.3, -0.25) is 0 Å². The van der Waals surface area contributed by atoms with Crippen molar-refractivity contribution < 1.29 is 13.9 Å². The summed E-state index contributed by atoms with van der Waals surface area (Å²) in [5, 5.41) is 12.6. The summed E-state index contributed by atoms with van der Waals surface area (Å²) in [6.07, 6.45) is 2.85. The standard InChI is InChI=1S/C25H29N3O3/c1-4-30-24-28-16-23(31-24)20-7-5-8-22(15-20)27-13-6-14-29-17-19-9-11-21(12-10-19)25(2,3)18-26/h5,7-12,15-16,27H,4,6,13-14,17H2,1-3H3. The third-order valence-electron chi connectivity index (χ3n) is 4.92. The summed E-state index contributed by atoms with van der Waals surface area (Å²) in [6.45, 7) is 8.29. The highest BCUT2D eigenvalue weighted by Crippen LogP contribution is 2.26. The van der Waals surface area contributed by atoms with Crippen LogP contribution in [-0.4, -0.2) is 24.7 Å². The molecule has 0 spiro atoms. The molecule has 0 bridgehead atoms. The molecule has 0 unspecified atom stereocenters. The molecule has 3 aromatic rings. The predicted molar refractivity (Wildman–Crippen MR) is 121 cm³/mol. The van der Waals surface area contributed by atoms with Gasteiger partial charge in [-0.15, -0.1) is 0 Å². The number of hydrogen-bond acceptors (Lipinski definition) is 6. The Kier molecular flexibility index (Phi) is 7.69. The van der Waals surface area contributed by atoms with E-state index in [9.17, 15) is 5.26 Å². The molecule has 0 aliphatic heterocycles. The largest absolute Gasteiger partial charge is 0.450 e. The Morgan fingerprint density at radius 1 is 1.16 bits per heavy atom. The van der Waals surface area contributed by atoms with E-state index in [2.05, 4.69) is 16.4 Å². The Bertz CT molecular complexity index is 1000. The summed E-state index contributed by atoms with van der Waals surface area (Å²) < 4.78 is 16.7. The Hall–Kier alpha value is -3.30. The number of ether oxygens (including phenoxy) is 2. The van der Waals surface area contributed by atoms with Gasteiger partial charge in [0, 0.05) is 24.4 Å². The van der Waals surface area contributed by atoms with Gasteiger partial charge in [-0.2, -0.15) is 10.2 Å². The van der Waals surface area contributed by atoms with Gasteiger partial charge in [-0.1, -0.05) is 36.4 Å². The van der Waals surface area contributed by atoms with Crippen molar-refractivity contribution in [1.82, 2.24) is 4.98 Å². The van der Waals surface area contributed by atoms with Gasteiger partial charge in [0.05, 0.1) is 30.9 Å². The Labute approximate surface area is 183 Å². The number of rotatable bonds is 11. The Morgan fingerprint density at radius 2 is 1.97 bits per heavy atom. The molecule has 162 valence electrons. The molecule has 1 heterocycles. The minimum Gasteiger partial charge on any atom is -0.450 e. The lowest BCUT2D eigenvalue weighted by atomic mass is 9.86. The number of oxazole rings is 1. The van der Waals surface area contributed by atoms with Crippen molar-refractivity contribution >= 4 is 5.69 Å². The zero-order chi connectivity index (χ0) is 22.1. The first-order valence-electron chi connectivity index (χ1n) is 10.5. The monoisotopic (exact) mass is 419 g/mol. The molecule has 0 radical (unpaired) electrons. The lowest BCUT2D eigenvalue weighted by Crippen LogP contribution is -2.13. The molecule has 0 saturated carbocycles. The van der Waals surface area contributed by atoms with Gasteiger partial charge in [-0.25, -0.2) is 0 Å². The van der Waals surface area contributed by atoms with Crippen LogP contribution in [0.3, 0.4) is 0 Å². The van der Waals surface area contributed by atoms with Crippen molar-refractivity contribution in [2.24, 2.45) is 0 Å². The molecule has 0 saturated heterocycles. The lowest BCUT2D eigenvalue weighted by molar-refractivity contribution is 0.120. The lowest BCUT2D eigenvalue weighted by Gasteiger charge is -2.16. The molecular formula is C25H29N3O3. The number of nitriles is 1. The van der Waals surface area contributed by atoms with E-state index >= 15 is 0 Å². The fraction of sp³-hybridized carbons (Fsp3) is 0.360. The second-order valence-corrected chi connectivity index (χ2v) is 7.77. The molecule has 6 nitrogen and oxygen atoms in total. The van der Waals surface area contributed by atoms with Crippen LogP contribution in [0.1, 0.15) is 38.3 Å². The molecule has 0 aliphatic rings. The maximum absolute atomic E-state index is 9.22. The maximum atomic E-state index is 9.22. The summed E-state index contributed by atoms with van der Waals surface area (Å²) >= 11 is 0. The number of anilines is 1. The number of aromatic nitrogens is 1. The van der Waals surface area contributed by atoms with Crippen molar-refractivity contribution in [2.75, 3.05) is 25.1 Å². The molecule has 0 atom stereocenters. The van der Waals surface area contributed by atoms with E-state index in [1.54, 1.807) is 6.20 Å². The van der Waals surface area contributed by atoms with Crippen LogP contribution in [0.25, 0.3) is 11.3 Å². The first kappa shape index (κ1) is 22.4. The molecule has 31 heavy (non-hydrogen) atoms. The van der Waals surface area contributed by atoms with E-state index < -0.39 is 5.41 Å². The second-order valence-electron chi connectivity index (χ2n) is 7.77. The average Bonchev–Trinajstić information content (AvgIpc) is 3.26. The van der Waals surface area contributed by atoms with Crippen LogP contribution in [0.15, 0.2) is 59.1 Å². The van der Waals surface area contributed by atoms with Crippen molar-refractivity contribution in [3.8, 4) is 23.5 Å². The summed E-state index contributed by atoms with van der Waals surface area (Å²) in [6, 6.07) is 18.4. The quantitative estimate of drug-likeness (QED) is 0.410. The zero-order valence-electron chi connectivity index (χ0n) is 18.4. The Balaban J connectivity index is 1.40. The Morgan fingerprint density at radius 3 is 2.71 bits per heavy atom. The van der Waals surface area contributed by atoms with Gasteiger partial charge in [0.15, 0.2) is 5.76 Å². The van der Waals surface area contributed by atoms with Gasteiger partial charge in [0.1, 0.15) is 0 Å². The molecule has 2 aromatic carbocycles. The second kappa shape index (κ2) is 10.6. The van der Waals surface area contributed by atoms with Crippen LogP contribution in [-0.2, 0) is 16.8 Å². The van der Waals surface area contributed by atoms with Crippen LogP contribution >= 0.6 is 0 Å². The fourth-order valence-electron chi connectivity index (χ4n) is 3.04. The highest BCUT2D eigenvalue weighted by Gasteiger charge is 2.19. The molecule has 3 rings (SSSR count). The third kappa shape index (κ3) is 6.34. The van der Waals surface area contributed by atoms with Crippen molar-refractivity contribution in [1.29, 1.82) is 5.26 Å². The van der Waals surface area contributed by atoms with E-state index in [-0.39, 0.29) is 6.08 Å². The summed E-state index contributed by atoms with van der Waals surface area (Å²) in [5.41, 5.74) is 3.62. The summed E-state index contributed by atoms with van der Waals surface area (Å²) in [4.78, 5) is 4.11. The van der Waals surface area contributed by atoms with Crippen LogP contribution < -0.4 is 10.1 Å². The smallest absolute Gasteiger partial charge is 0.394 e. The SMILES string of the molecule is CCOc1ncc(-c2cccc(NCCCOCc3ccc(C(C)(C)C#N)cc3)c2)o1. The van der Waals surface area contributed by atoms with Gasteiger partial charge >= 0.3 is 6.08 Å². The number of nitrogens with zero attached hydrogens (tertiary/aromatic N) is 2. The molecule has 0 aliphatic carbocycles. The highest BCUT2D eigenvalue weighted by atomic mass is 16.6. The molecular weight excluding hydrogens is 390 g/mol. The van der Waals surface area contributed by atoms with E-state index in [1.165, 1.54) is 0 Å². The normalized spacial score (nSPS) is 11.2. The fourth-order valence-corrected chi connectivity index (χ4v) is 3.04.